The predicted molar refractivity (Wildman–Crippen MR) is 255 cm³/mol. The van der Waals surface area contributed by atoms with Crippen LogP contribution in [-0.2, 0) is 0 Å². The molecule has 1 aliphatic heterocycles. The number of nitrogens with zero attached hydrogens (tertiary/aromatic N) is 4. The SMILES string of the molecule is c1ccc(-c2ccc(-c3cccc(-c4ccn5[n+]4C5n4c5ccccc5c5cc(-c6ccc7c(c6)c6ccccc6n7-c6ccc(-c7ccccc7)cc6)ccc54)c3)cc2)cc1. The van der Waals surface area contributed by atoms with E-state index in [9.17, 15) is 0 Å². The van der Waals surface area contributed by atoms with Gasteiger partial charge in [-0.25, -0.2) is 0 Å². The van der Waals surface area contributed by atoms with Crippen molar-refractivity contribution in [2.75, 3.05) is 0 Å². The average molecular weight is 792 g/mol. The molecule has 0 radical (unpaired) electrons. The monoisotopic (exact) mass is 791 g/mol. The fourth-order valence-corrected chi connectivity index (χ4v) is 9.89. The Morgan fingerprint density at radius 3 is 1.42 bits per heavy atom. The minimum absolute atomic E-state index is 0.0568. The second kappa shape index (κ2) is 13.7. The highest BCUT2D eigenvalue weighted by molar-refractivity contribution is 6.12. The fraction of sp³-hybridized carbons (Fsp3) is 0.0172. The number of hydrogen-bond acceptors (Lipinski definition) is 0. The highest BCUT2D eigenvalue weighted by Gasteiger charge is 2.50. The zero-order valence-electron chi connectivity index (χ0n) is 33.8. The maximum Gasteiger partial charge on any atom is 0.392 e. The molecule has 290 valence electrons. The first-order valence-electron chi connectivity index (χ1n) is 21.4. The topological polar surface area (TPSA) is 18.7 Å². The van der Waals surface area contributed by atoms with E-state index < -0.39 is 0 Å². The van der Waals surface area contributed by atoms with E-state index in [2.05, 4.69) is 249 Å². The van der Waals surface area contributed by atoms with Crippen LogP contribution in [0.2, 0.25) is 0 Å². The second-order valence-corrected chi connectivity index (χ2v) is 16.4. The summed E-state index contributed by atoms with van der Waals surface area (Å²) in [4.78, 5) is 0. The third-order valence-corrected chi connectivity index (χ3v) is 12.9. The van der Waals surface area contributed by atoms with E-state index in [1.54, 1.807) is 0 Å². The maximum atomic E-state index is 2.50. The Bertz CT molecular complexity index is 3660. The van der Waals surface area contributed by atoms with Crippen LogP contribution in [0, 0.1) is 0 Å². The number of benzene rings is 9. The zero-order chi connectivity index (χ0) is 40.7. The van der Waals surface area contributed by atoms with Gasteiger partial charge in [0.05, 0.1) is 28.3 Å². The summed E-state index contributed by atoms with van der Waals surface area (Å²) in [6.07, 6.45) is 2.28. The molecule has 1 atom stereocenters. The normalized spacial score (nSPS) is 13.3. The molecule has 4 heterocycles. The number of para-hydroxylation sites is 2. The Morgan fingerprint density at radius 1 is 0.306 bits per heavy atom. The van der Waals surface area contributed by atoms with E-state index in [1.807, 2.05) is 0 Å². The first-order chi connectivity index (χ1) is 30.7. The lowest BCUT2D eigenvalue weighted by atomic mass is 9.98. The third kappa shape index (κ3) is 5.43. The molecule has 0 spiro atoms. The summed E-state index contributed by atoms with van der Waals surface area (Å²) in [5, 5.41) is 5.03. The van der Waals surface area contributed by atoms with Gasteiger partial charge < -0.3 is 4.57 Å². The molecular weight excluding hydrogens is 753 g/mol. The van der Waals surface area contributed by atoms with Crippen LogP contribution in [0.1, 0.15) is 6.29 Å². The van der Waals surface area contributed by atoms with E-state index in [0.717, 1.165) is 5.69 Å². The van der Waals surface area contributed by atoms with Crippen molar-refractivity contribution in [3.63, 3.8) is 0 Å². The van der Waals surface area contributed by atoms with Crippen LogP contribution < -0.4 is 4.68 Å². The van der Waals surface area contributed by atoms with E-state index >= 15 is 0 Å². The predicted octanol–water partition coefficient (Wildman–Crippen LogP) is 14.2. The number of rotatable bonds is 7. The molecule has 0 saturated carbocycles. The maximum absolute atomic E-state index is 2.50. The Kier molecular flexibility index (Phi) is 7.63. The van der Waals surface area contributed by atoms with Gasteiger partial charge in [-0.1, -0.05) is 167 Å². The van der Waals surface area contributed by atoms with Crippen molar-refractivity contribution < 1.29 is 4.68 Å². The smallest absolute Gasteiger partial charge is 0.309 e. The molecule has 9 aromatic carbocycles. The molecule has 0 aliphatic carbocycles. The lowest BCUT2D eigenvalue weighted by Crippen LogP contribution is -2.21. The Morgan fingerprint density at radius 2 is 0.742 bits per heavy atom. The molecule has 0 N–H and O–H groups in total. The van der Waals surface area contributed by atoms with Crippen molar-refractivity contribution in [1.29, 1.82) is 0 Å². The molecule has 1 unspecified atom stereocenters. The first-order valence-corrected chi connectivity index (χ1v) is 21.4. The number of aromatic nitrogens is 4. The first kappa shape index (κ1) is 34.6. The second-order valence-electron chi connectivity index (χ2n) is 16.4. The van der Waals surface area contributed by atoms with Crippen LogP contribution in [0.5, 0.6) is 0 Å². The fourth-order valence-electron chi connectivity index (χ4n) is 9.89. The summed E-state index contributed by atoms with van der Waals surface area (Å²) < 4.78 is 9.66. The highest BCUT2D eigenvalue weighted by atomic mass is 15.7. The molecule has 0 bridgehead atoms. The lowest BCUT2D eigenvalue weighted by molar-refractivity contribution is -0.610. The van der Waals surface area contributed by atoms with Crippen LogP contribution in [0.15, 0.2) is 231 Å². The summed E-state index contributed by atoms with van der Waals surface area (Å²) in [7, 11) is 0. The molecule has 0 fully saturated rings. The van der Waals surface area contributed by atoms with Gasteiger partial charge in [0.25, 0.3) is 0 Å². The summed E-state index contributed by atoms with van der Waals surface area (Å²) >= 11 is 0. The van der Waals surface area contributed by atoms with Gasteiger partial charge in [-0.3, -0.25) is 4.57 Å². The lowest BCUT2D eigenvalue weighted by Gasteiger charge is -2.10. The summed E-state index contributed by atoms with van der Waals surface area (Å²) in [5.41, 5.74) is 18.2. The molecule has 4 heteroatoms. The van der Waals surface area contributed by atoms with Crippen molar-refractivity contribution in [3.05, 3.63) is 231 Å². The van der Waals surface area contributed by atoms with Gasteiger partial charge in [0.2, 0.25) is 5.69 Å². The van der Waals surface area contributed by atoms with Crippen molar-refractivity contribution in [3.8, 4) is 61.5 Å². The molecule has 0 saturated heterocycles. The van der Waals surface area contributed by atoms with E-state index in [1.165, 1.54) is 99.4 Å². The largest absolute Gasteiger partial charge is 0.392 e. The van der Waals surface area contributed by atoms with Gasteiger partial charge in [0.15, 0.2) is 0 Å². The highest BCUT2D eigenvalue weighted by Crippen LogP contribution is 2.40. The van der Waals surface area contributed by atoms with Crippen LogP contribution >= 0.6 is 0 Å². The summed E-state index contributed by atoms with van der Waals surface area (Å²) in [5.74, 6) is 0. The molecule has 1 aliphatic rings. The van der Waals surface area contributed by atoms with E-state index in [0.29, 0.717) is 0 Å². The quantitative estimate of drug-likeness (QED) is 0.143. The Balaban J connectivity index is 0.853. The van der Waals surface area contributed by atoms with Gasteiger partial charge in [-0.15, -0.1) is 0 Å². The summed E-state index contributed by atoms with van der Waals surface area (Å²) in [6.45, 7) is 0. The number of hydrogen-bond donors (Lipinski definition) is 0. The van der Waals surface area contributed by atoms with Crippen LogP contribution in [0.4, 0.5) is 0 Å². The minimum Gasteiger partial charge on any atom is -0.309 e. The minimum atomic E-state index is 0.0568. The van der Waals surface area contributed by atoms with Crippen LogP contribution in [0.25, 0.3) is 105 Å². The van der Waals surface area contributed by atoms with Crippen molar-refractivity contribution in [1.82, 2.24) is 13.8 Å². The number of fused-ring (bicyclic) bond motifs is 7. The van der Waals surface area contributed by atoms with E-state index in [-0.39, 0.29) is 6.29 Å². The standard InChI is InChI=1S/C58H39N4/c1-3-12-39(13-4-1)41-22-24-43(25-23-41)44-16-11-17-47(36-44)53-34-35-59-58(62(53)59)61-55-21-10-8-19-50(55)52-38-46(29-33-57(52)61)45-28-32-56-51(37-45)49-18-7-9-20-54(49)60(56)48-30-26-42(27-31-48)40-14-5-2-6-15-40/h1-38,58H/q+1. The van der Waals surface area contributed by atoms with Gasteiger partial charge in [0.1, 0.15) is 0 Å². The average Bonchev–Trinajstić information content (AvgIpc) is 3.59. The van der Waals surface area contributed by atoms with Gasteiger partial charge in [0, 0.05) is 38.9 Å². The van der Waals surface area contributed by atoms with Gasteiger partial charge in [-0.05, 0) is 105 Å². The van der Waals surface area contributed by atoms with Crippen molar-refractivity contribution in [2.24, 2.45) is 0 Å². The van der Waals surface area contributed by atoms with Crippen molar-refractivity contribution >= 4 is 43.6 Å². The van der Waals surface area contributed by atoms with E-state index in [4.69, 9.17) is 0 Å². The molecule has 13 rings (SSSR count). The van der Waals surface area contributed by atoms with Crippen LogP contribution in [-0.4, -0.2) is 13.8 Å². The van der Waals surface area contributed by atoms with Crippen molar-refractivity contribution in [2.45, 2.75) is 6.29 Å². The zero-order valence-corrected chi connectivity index (χ0v) is 33.8. The molecule has 0 amide bonds. The molecule has 4 nitrogen and oxygen atoms in total. The third-order valence-electron chi connectivity index (χ3n) is 12.9. The van der Waals surface area contributed by atoms with Crippen LogP contribution in [0.3, 0.4) is 0 Å². The Hall–Kier alpha value is -8.21. The summed E-state index contributed by atoms with van der Waals surface area (Å²) in [6, 6.07) is 81.8. The van der Waals surface area contributed by atoms with Gasteiger partial charge in [-0.2, -0.15) is 0 Å². The van der Waals surface area contributed by atoms with Gasteiger partial charge >= 0.3 is 6.29 Å². The molecule has 62 heavy (non-hydrogen) atoms. The molecular formula is C58H39N4+. The molecule has 12 aromatic rings. The molecule has 3 aromatic heterocycles. The Labute approximate surface area is 359 Å².